The van der Waals surface area contributed by atoms with Crippen LogP contribution in [0.5, 0.6) is 11.6 Å². The van der Waals surface area contributed by atoms with Crippen LogP contribution in [0.3, 0.4) is 0 Å². The Hall–Kier alpha value is -2.80. The van der Waals surface area contributed by atoms with Crippen molar-refractivity contribution in [3.8, 4) is 11.6 Å². The number of pyridine rings is 1. The van der Waals surface area contributed by atoms with Crippen molar-refractivity contribution in [2.45, 2.75) is 12.5 Å². The van der Waals surface area contributed by atoms with E-state index in [1.54, 1.807) is 18.3 Å². The first kappa shape index (κ1) is 18.5. The molecule has 1 aromatic carbocycles. The van der Waals surface area contributed by atoms with Crippen molar-refractivity contribution in [3.05, 3.63) is 54.2 Å². The third kappa shape index (κ3) is 5.65. The molecule has 2 N–H and O–H groups in total. The molecule has 25 heavy (non-hydrogen) atoms. The molecule has 0 bridgehead atoms. The number of aliphatic hydroxyl groups is 1. The summed E-state index contributed by atoms with van der Waals surface area (Å²) in [5.74, 6) is 0.742. The second-order valence-electron chi connectivity index (χ2n) is 5.39. The van der Waals surface area contributed by atoms with E-state index < -0.39 is 6.09 Å². The normalized spacial score (nSPS) is 11.6. The summed E-state index contributed by atoms with van der Waals surface area (Å²) in [5, 5.41) is 17.9. The molecule has 1 amide bonds. The minimum absolute atomic E-state index is 0.116. The molecular weight excluding hydrogens is 324 g/mol. The summed E-state index contributed by atoms with van der Waals surface area (Å²) < 4.78 is 11.5. The van der Waals surface area contributed by atoms with Crippen LogP contribution >= 0.6 is 0 Å². The summed E-state index contributed by atoms with van der Waals surface area (Å²) in [6.45, 7) is 0.314. The number of benzene rings is 1. The van der Waals surface area contributed by atoms with E-state index in [9.17, 15) is 4.79 Å². The van der Waals surface area contributed by atoms with Gasteiger partial charge in [0.2, 0.25) is 0 Å². The number of carboxylic acid groups (broad SMARTS) is 1. The lowest BCUT2D eigenvalue weighted by Gasteiger charge is -2.23. The van der Waals surface area contributed by atoms with Gasteiger partial charge < -0.3 is 24.6 Å². The van der Waals surface area contributed by atoms with Crippen LogP contribution in [-0.4, -0.2) is 53.0 Å². The quantitative estimate of drug-likeness (QED) is 0.725. The number of ether oxygens (including phenoxy) is 2. The van der Waals surface area contributed by atoms with Crippen molar-refractivity contribution in [2.24, 2.45) is 0 Å². The average molecular weight is 346 g/mol. The van der Waals surface area contributed by atoms with Crippen molar-refractivity contribution < 1.29 is 24.5 Å². The summed E-state index contributed by atoms with van der Waals surface area (Å²) in [5.41, 5.74) is 0.929. The first-order valence-electron chi connectivity index (χ1n) is 7.96. The zero-order valence-electron chi connectivity index (χ0n) is 14.0. The van der Waals surface area contributed by atoms with E-state index in [1.165, 1.54) is 11.9 Å². The number of hydrogen-bond donors (Lipinski definition) is 2. The Morgan fingerprint density at radius 2 is 2.00 bits per heavy atom. The molecule has 0 fully saturated rings. The Labute approximate surface area is 146 Å². The maximum absolute atomic E-state index is 11.0. The second kappa shape index (κ2) is 9.48. The summed E-state index contributed by atoms with van der Waals surface area (Å²) in [6, 6.07) is 13.0. The number of hydrogen-bond acceptors (Lipinski definition) is 5. The molecular formula is C18H22N2O5. The molecule has 0 radical (unpaired) electrons. The van der Waals surface area contributed by atoms with Gasteiger partial charge in [0.15, 0.2) is 5.75 Å². The minimum Gasteiger partial charge on any atom is -0.480 e. The summed E-state index contributed by atoms with van der Waals surface area (Å²) in [6.07, 6.45) is 0.708. The smallest absolute Gasteiger partial charge is 0.407 e. The molecule has 0 aliphatic heterocycles. The molecule has 0 saturated heterocycles. The summed E-state index contributed by atoms with van der Waals surface area (Å²) >= 11 is 0. The Morgan fingerprint density at radius 3 is 2.68 bits per heavy atom. The predicted octanol–water partition coefficient (Wildman–Crippen LogP) is 2.57. The maximum Gasteiger partial charge on any atom is 0.407 e. The lowest BCUT2D eigenvalue weighted by molar-refractivity contribution is 0.135. The lowest BCUT2D eigenvalue weighted by Crippen LogP contribution is -2.27. The van der Waals surface area contributed by atoms with Crippen LogP contribution in [0.4, 0.5) is 4.79 Å². The molecule has 0 saturated carbocycles. The van der Waals surface area contributed by atoms with Gasteiger partial charge in [0.25, 0.3) is 5.88 Å². The highest BCUT2D eigenvalue weighted by molar-refractivity contribution is 5.64. The van der Waals surface area contributed by atoms with Gasteiger partial charge in [-0.15, -0.1) is 0 Å². The largest absolute Gasteiger partial charge is 0.480 e. The van der Waals surface area contributed by atoms with Crippen molar-refractivity contribution in [3.63, 3.8) is 0 Å². The van der Waals surface area contributed by atoms with Gasteiger partial charge in [-0.05, 0) is 17.7 Å². The van der Waals surface area contributed by atoms with Gasteiger partial charge in [0, 0.05) is 26.2 Å². The van der Waals surface area contributed by atoms with E-state index in [1.807, 2.05) is 30.3 Å². The van der Waals surface area contributed by atoms with Crippen molar-refractivity contribution >= 4 is 6.09 Å². The van der Waals surface area contributed by atoms with Crippen LogP contribution in [0, 0.1) is 0 Å². The Balaban J connectivity index is 2.17. The first-order chi connectivity index (χ1) is 12.1. The highest BCUT2D eigenvalue weighted by Gasteiger charge is 2.18. The van der Waals surface area contributed by atoms with E-state index in [0.29, 0.717) is 24.6 Å². The number of carbonyl (C=O) groups is 1. The highest BCUT2D eigenvalue weighted by Crippen LogP contribution is 2.30. The molecule has 7 nitrogen and oxygen atoms in total. The van der Waals surface area contributed by atoms with E-state index >= 15 is 0 Å². The van der Waals surface area contributed by atoms with Gasteiger partial charge in [-0.3, -0.25) is 0 Å². The molecule has 1 heterocycles. The fourth-order valence-electron chi connectivity index (χ4n) is 2.24. The Kier molecular flexibility index (Phi) is 7.03. The molecule has 0 aliphatic rings. The number of aromatic nitrogens is 1. The monoisotopic (exact) mass is 346 g/mol. The highest BCUT2D eigenvalue weighted by atomic mass is 16.5. The topological polar surface area (TPSA) is 92.1 Å². The maximum atomic E-state index is 11.0. The zero-order valence-corrected chi connectivity index (χ0v) is 14.0. The molecule has 0 spiro atoms. The summed E-state index contributed by atoms with van der Waals surface area (Å²) in [7, 11) is 1.52. The standard InChI is InChI=1S/C18H22N2O5/c1-20(18(22)23)11-9-15(14-6-3-2-4-7-14)25-16-8-5-10-19-17(16)24-13-12-21/h2-8,10,15,21H,9,11-13H2,1H3,(H,22,23). The Bertz CT molecular complexity index is 666. The number of nitrogens with zero attached hydrogens (tertiary/aromatic N) is 2. The molecule has 0 aliphatic carbocycles. The van der Waals surface area contributed by atoms with Gasteiger partial charge in [0.1, 0.15) is 12.7 Å². The van der Waals surface area contributed by atoms with Gasteiger partial charge in [-0.2, -0.15) is 0 Å². The van der Waals surface area contributed by atoms with Gasteiger partial charge in [-0.25, -0.2) is 9.78 Å². The molecule has 1 aromatic heterocycles. The third-order valence-electron chi connectivity index (χ3n) is 3.56. The van der Waals surface area contributed by atoms with Crippen molar-refractivity contribution in [2.75, 3.05) is 26.8 Å². The Morgan fingerprint density at radius 1 is 1.24 bits per heavy atom. The van der Waals surface area contributed by atoms with Crippen molar-refractivity contribution in [1.29, 1.82) is 0 Å². The number of rotatable bonds is 9. The van der Waals surface area contributed by atoms with E-state index in [2.05, 4.69) is 4.98 Å². The fourth-order valence-corrected chi connectivity index (χ4v) is 2.24. The molecule has 2 rings (SSSR count). The molecule has 1 atom stereocenters. The number of amides is 1. The average Bonchev–Trinajstić information content (AvgIpc) is 2.64. The van der Waals surface area contributed by atoms with Crippen LogP contribution in [-0.2, 0) is 0 Å². The van der Waals surface area contributed by atoms with Crippen LogP contribution in [0.15, 0.2) is 48.7 Å². The minimum atomic E-state index is -0.986. The SMILES string of the molecule is CN(CCC(Oc1cccnc1OCCO)c1ccccc1)C(=O)O. The third-order valence-corrected chi connectivity index (χ3v) is 3.56. The summed E-state index contributed by atoms with van der Waals surface area (Å²) in [4.78, 5) is 16.3. The zero-order chi connectivity index (χ0) is 18.1. The number of aliphatic hydroxyl groups excluding tert-OH is 1. The molecule has 1 unspecified atom stereocenters. The van der Waals surface area contributed by atoms with Crippen molar-refractivity contribution in [1.82, 2.24) is 9.88 Å². The van der Waals surface area contributed by atoms with Crippen LogP contribution in [0.2, 0.25) is 0 Å². The fraction of sp³-hybridized carbons (Fsp3) is 0.333. The van der Waals surface area contributed by atoms with E-state index in [0.717, 1.165) is 5.56 Å². The van der Waals surface area contributed by atoms with Crippen LogP contribution in [0.1, 0.15) is 18.1 Å². The van der Waals surface area contributed by atoms with Crippen LogP contribution < -0.4 is 9.47 Å². The predicted molar refractivity (Wildman–Crippen MR) is 91.9 cm³/mol. The molecule has 2 aromatic rings. The first-order valence-corrected chi connectivity index (χ1v) is 7.96. The molecule has 7 heteroatoms. The van der Waals surface area contributed by atoms with E-state index in [-0.39, 0.29) is 19.3 Å². The molecule has 134 valence electrons. The van der Waals surface area contributed by atoms with Crippen LogP contribution in [0.25, 0.3) is 0 Å². The van der Waals surface area contributed by atoms with Gasteiger partial charge >= 0.3 is 6.09 Å². The second-order valence-corrected chi connectivity index (χ2v) is 5.39. The van der Waals surface area contributed by atoms with E-state index in [4.69, 9.17) is 19.7 Å². The van der Waals surface area contributed by atoms with Gasteiger partial charge in [-0.1, -0.05) is 30.3 Å². The lowest BCUT2D eigenvalue weighted by atomic mass is 10.1. The van der Waals surface area contributed by atoms with Gasteiger partial charge in [0.05, 0.1) is 6.61 Å².